The summed E-state index contributed by atoms with van der Waals surface area (Å²) in [5, 5.41) is 0. The topological polar surface area (TPSA) is 88.1 Å². The summed E-state index contributed by atoms with van der Waals surface area (Å²) in [6, 6.07) is 20.0. The number of halogens is 7. The van der Waals surface area contributed by atoms with E-state index in [1.165, 1.54) is 12.1 Å². The zero-order valence-electron chi connectivity index (χ0n) is 28.8. The summed E-state index contributed by atoms with van der Waals surface area (Å²) in [5.41, 5.74) is 2.36. The lowest BCUT2D eigenvalue weighted by Gasteiger charge is -2.26. The average Bonchev–Trinajstić information content (AvgIpc) is 3.11. The van der Waals surface area contributed by atoms with Gasteiger partial charge >= 0.3 is 35.9 Å². The minimum Gasteiger partial charge on any atom is -0.494 e. The van der Waals surface area contributed by atoms with Crippen molar-refractivity contribution in [2.45, 2.75) is 95.8 Å². The molecule has 3 aromatic rings. The van der Waals surface area contributed by atoms with Gasteiger partial charge in [0.2, 0.25) is 0 Å². The van der Waals surface area contributed by atoms with E-state index in [1.807, 2.05) is 19.1 Å². The molecule has 0 bridgehead atoms. The second-order valence-electron chi connectivity index (χ2n) is 12.1. The fourth-order valence-electron chi connectivity index (χ4n) is 4.85. The molecular weight excluding hydrogens is 701 g/mol. The van der Waals surface area contributed by atoms with Gasteiger partial charge in [-0.25, -0.2) is 14.4 Å². The summed E-state index contributed by atoms with van der Waals surface area (Å²) in [4.78, 5) is 36.3. The van der Waals surface area contributed by atoms with E-state index in [-0.39, 0.29) is 24.9 Å². The van der Waals surface area contributed by atoms with Crippen molar-refractivity contribution in [2.75, 3.05) is 13.2 Å². The Morgan fingerprint density at radius 3 is 1.69 bits per heavy atom. The van der Waals surface area contributed by atoms with Crippen molar-refractivity contribution in [1.29, 1.82) is 0 Å². The van der Waals surface area contributed by atoms with Gasteiger partial charge in [-0.2, -0.15) is 30.7 Å². The SMILES string of the molecule is CCCCCC[C@@H](C)OC(=O)c1ccc(OC(=O)c2ccc(-c3ccc(OCCCCCCOC(=O)C(F)(F)C(F)(F)C(F)(F)F)cc3)cc2)cc1. The molecule has 0 heterocycles. The molecule has 7 nitrogen and oxygen atoms in total. The number of hydrogen-bond acceptors (Lipinski definition) is 7. The van der Waals surface area contributed by atoms with Crippen LogP contribution in [0.15, 0.2) is 72.8 Å². The van der Waals surface area contributed by atoms with Crippen LogP contribution in [0, 0.1) is 0 Å². The summed E-state index contributed by atoms with van der Waals surface area (Å²) >= 11 is 0. The highest BCUT2D eigenvalue weighted by Gasteiger charge is 2.77. The molecule has 52 heavy (non-hydrogen) atoms. The summed E-state index contributed by atoms with van der Waals surface area (Å²) in [6.45, 7) is 3.55. The van der Waals surface area contributed by atoms with Crippen molar-refractivity contribution in [3.05, 3.63) is 83.9 Å². The van der Waals surface area contributed by atoms with Gasteiger partial charge in [-0.15, -0.1) is 0 Å². The fourth-order valence-corrected chi connectivity index (χ4v) is 4.85. The minimum atomic E-state index is -6.61. The molecule has 0 aliphatic rings. The molecule has 0 radical (unpaired) electrons. The van der Waals surface area contributed by atoms with Gasteiger partial charge in [0.15, 0.2) is 0 Å². The monoisotopic (exact) mass is 742 g/mol. The predicted octanol–water partition coefficient (Wildman–Crippen LogP) is 10.4. The summed E-state index contributed by atoms with van der Waals surface area (Å²) in [5.74, 6) is -15.7. The lowest BCUT2D eigenvalue weighted by Crippen LogP contribution is -2.56. The van der Waals surface area contributed by atoms with E-state index in [9.17, 15) is 45.1 Å². The first-order chi connectivity index (χ1) is 24.6. The Morgan fingerprint density at radius 1 is 0.615 bits per heavy atom. The average molecular weight is 743 g/mol. The maximum absolute atomic E-state index is 13.3. The Morgan fingerprint density at radius 2 is 1.12 bits per heavy atom. The highest BCUT2D eigenvalue weighted by Crippen LogP contribution is 2.47. The Hall–Kier alpha value is -4.62. The standard InChI is InChI=1S/C38H41F7O7/c1-3-4-5-8-11-26(2)51-33(46)30-18-22-32(23-19-30)52-34(47)29-14-12-27(13-15-29)28-16-20-31(21-17-28)49-24-9-6-7-10-25-50-35(48)36(39,40)37(41,42)38(43,44)45/h12-23,26H,3-11,24-25H2,1-2H3/t26-/m1/s1. The van der Waals surface area contributed by atoms with Crippen molar-refractivity contribution in [3.8, 4) is 22.6 Å². The van der Waals surface area contributed by atoms with Gasteiger partial charge in [0.1, 0.15) is 11.5 Å². The fraction of sp³-hybridized carbons (Fsp3) is 0.447. The number of alkyl halides is 7. The molecule has 14 heteroatoms. The molecule has 0 N–H and O–H groups in total. The first-order valence-corrected chi connectivity index (χ1v) is 16.9. The third-order valence-corrected chi connectivity index (χ3v) is 7.93. The number of unbranched alkanes of at least 4 members (excludes halogenated alkanes) is 6. The van der Waals surface area contributed by atoms with E-state index in [0.29, 0.717) is 36.1 Å². The molecule has 0 fully saturated rings. The van der Waals surface area contributed by atoms with E-state index in [0.717, 1.165) is 43.2 Å². The minimum absolute atomic E-state index is 0.0193. The van der Waals surface area contributed by atoms with Crippen molar-refractivity contribution >= 4 is 17.9 Å². The van der Waals surface area contributed by atoms with E-state index in [4.69, 9.17) is 14.2 Å². The van der Waals surface area contributed by atoms with Crippen molar-refractivity contribution in [1.82, 2.24) is 0 Å². The van der Waals surface area contributed by atoms with Crippen LogP contribution in [-0.4, -0.2) is 55.2 Å². The van der Waals surface area contributed by atoms with Gasteiger partial charge in [-0.3, -0.25) is 0 Å². The maximum Gasteiger partial charge on any atom is 0.460 e. The lowest BCUT2D eigenvalue weighted by molar-refractivity contribution is -0.348. The van der Waals surface area contributed by atoms with Crippen LogP contribution in [0.2, 0.25) is 0 Å². The van der Waals surface area contributed by atoms with E-state index in [1.54, 1.807) is 48.5 Å². The molecular formula is C38H41F7O7. The van der Waals surface area contributed by atoms with Crippen molar-refractivity contribution in [3.63, 3.8) is 0 Å². The Bertz CT molecular complexity index is 1570. The van der Waals surface area contributed by atoms with Gasteiger partial charge in [0.25, 0.3) is 0 Å². The van der Waals surface area contributed by atoms with Gasteiger partial charge in [0, 0.05) is 0 Å². The number of benzene rings is 3. The second-order valence-corrected chi connectivity index (χ2v) is 12.1. The molecule has 0 amide bonds. The Kier molecular flexibility index (Phi) is 15.5. The third kappa shape index (κ3) is 12.0. The summed E-state index contributed by atoms with van der Waals surface area (Å²) < 4.78 is 109. The van der Waals surface area contributed by atoms with E-state index >= 15 is 0 Å². The van der Waals surface area contributed by atoms with Gasteiger partial charge < -0.3 is 18.9 Å². The number of carbonyl (C=O) groups excluding carboxylic acids is 3. The number of ether oxygens (including phenoxy) is 4. The zero-order chi connectivity index (χ0) is 38.4. The van der Waals surface area contributed by atoms with Crippen molar-refractivity contribution < 1.29 is 64.1 Å². The predicted molar refractivity (Wildman–Crippen MR) is 178 cm³/mol. The molecule has 0 unspecified atom stereocenters. The lowest BCUT2D eigenvalue weighted by atomic mass is 10.0. The molecule has 0 saturated heterocycles. The quantitative estimate of drug-likeness (QED) is 0.0493. The number of carbonyl (C=O) groups is 3. The molecule has 0 saturated carbocycles. The molecule has 0 aliphatic carbocycles. The second kappa shape index (κ2) is 19.3. The molecule has 284 valence electrons. The van der Waals surface area contributed by atoms with Crippen LogP contribution in [0.1, 0.15) is 92.4 Å². The van der Waals surface area contributed by atoms with Gasteiger partial charge in [-0.1, -0.05) is 50.5 Å². The number of esters is 3. The normalized spacial score (nSPS) is 12.6. The Balaban J connectivity index is 1.36. The summed E-state index contributed by atoms with van der Waals surface area (Å²) in [6.07, 6.45) is -0.313. The van der Waals surface area contributed by atoms with Gasteiger partial charge in [-0.05, 0) is 105 Å². The smallest absolute Gasteiger partial charge is 0.460 e. The largest absolute Gasteiger partial charge is 0.494 e. The maximum atomic E-state index is 13.3. The van der Waals surface area contributed by atoms with E-state index in [2.05, 4.69) is 11.7 Å². The van der Waals surface area contributed by atoms with Crippen LogP contribution in [0.4, 0.5) is 30.7 Å². The zero-order valence-corrected chi connectivity index (χ0v) is 28.8. The molecule has 0 aliphatic heterocycles. The number of hydrogen-bond donors (Lipinski definition) is 0. The molecule has 0 spiro atoms. The summed E-state index contributed by atoms with van der Waals surface area (Å²) in [7, 11) is 0. The highest BCUT2D eigenvalue weighted by molar-refractivity contribution is 5.92. The Labute approximate surface area is 297 Å². The molecule has 1 atom stereocenters. The van der Waals surface area contributed by atoms with Crippen LogP contribution in [-0.2, 0) is 14.3 Å². The molecule has 3 aromatic carbocycles. The first kappa shape index (κ1) is 41.8. The van der Waals surface area contributed by atoms with Crippen LogP contribution >= 0.6 is 0 Å². The van der Waals surface area contributed by atoms with Crippen LogP contribution in [0.3, 0.4) is 0 Å². The van der Waals surface area contributed by atoms with E-state index < -0.39 is 42.5 Å². The third-order valence-electron chi connectivity index (χ3n) is 7.93. The molecule has 3 rings (SSSR count). The molecule has 0 aromatic heterocycles. The van der Waals surface area contributed by atoms with Crippen LogP contribution < -0.4 is 9.47 Å². The van der Waals surface area contributed by atoms with Crippen LogP contribution in [0.5, 0.6) is 11.5 Å². The highest BCUT2D eigenvalue weighted by atomic mass is 19.4. The number of rotatable bonds is 20. The first-order valence-electron chi connectivity index (χ1n) is 16.9. The van der Waals surface area contributed by atoms with Crippen molar-refractivity contribution in [2.24, 2.45) is 0 Å². The van der Waals surface area contributed by atoms with Crippen LogP contribution in [0.25, 0.3) is 11.1 Å². The van der Waals surface area contributed by atoms with Gasteiger partial charge in [0.05, 0.1) is 30.4 Å².